The first-order valence-corrected chi connectivity index (χ1v) is 10.2. The second-order valence-electron chi connectivity index (χ2n) is 6.14. The van der Waals surface area contributed by atoms with Gasteiger partial charge >= 0.3 is 43.7 Å². The van der Waals surface area contributed by atoms with Crippen molar-refractivity contribution in [3.8, 4) is 0 Å². The van der Waals surface area contributed by atoms with Gasteiger partial charge in [0.05, 0.1) is 0 Å². The monoisotopic (exact) mass is 404 g/mol. The summed E-state index contributed by atoms with van der Waals surface area (Å²) in [6, 6.07) is 0. The Labute approximate surface area is 176 Å². The molecule has 0 amide bonds. The Morgan fingerprint density at radius 3 is 1.14 bits per heavy atom. The second kappa shape index (κ2) is 22.2. The molecule has 0 aromatic rings. The topological polar surface area (TPSA) is 37.3 Å². The van der Waals surface area contributed by atoms with Crippen LogP contribution in [0.2, 0.25) is 0 Å². The van der Waals surface area contributed by atoms with Crippen molar-refractivity contribution in [2.24, 2.45) is 0 Å². The van der Waals surface area contributed by atoms with E-state index in [1.807, 2.05) is 0 Å². The Kier molecular flexibility index (Phi) is 25.7. The van der Waals surface area contributed by atoms with Gasteiger partial charge in [-0.1, -0.05) is 99.4 Å². The summed E-state index contributed by atoms with van der Waals surface area (Å²) in [5, 5.41) is 9.69. The van der Waals surface area contributed by atoms with E-state index in [4.69, 9.17) is 5.11 Å². The molecule has 0 unspecified atom stereocenters. The van der Waals surface area contributed by atoms with Crippen molar-refractivity contribution in [2.75, 3.05) is 5.33 Å². The fourth-order valence-corrected chi connectivity index (χ4v) is 3.07. The minimum absolute atomic E-state index is 0. The average molecular weight is 405 g/mol. The number of carboxylic acid groups (broad SMARTS) is 1. The third-order valence-corrected chi connectivity index (χ3v) is 4.59. The number of hydrogen-bond donors (Lipinski definition) is 1. The van der Waals surface area contributed by atoms with Gasteiger partial charge in [0.2, 0.25) is 0 Å². The van der Waals surface area contributed by atoms with E-state index in [-0.39, 0.29) is 37.7 Å². The van der Waals surface area contributed by atoms with Gasteiger partial charge in [0.15, 0.2) is 0 Å². The van der Waals surface area contributed by atoms with Gasteiger partial charge in [-0.05, 0) is 12.8 Å². The molecule has 2 nitrogen and oxygen atoms in total. The SMILES string of the molecule is O=C(O)CCCCCCCCCCCCCCCCCBr.[CaH2]. The first kappa shape index (κ1) is 25.4. The molecule has 130 valence electrons. The van der Waals surface area contributed by atoms with Gasteiger partial charge in [0.25, 0.3) is 0 Å². The van der Waals surface area contributed by atoms with Crippen molar-refractivity contribution >= 4 is 59.6 Å². The normalized spacial score (nSPS) is 10.4. The van der Waals surface area contributed by atoms with Crippen LogP contribution in [0, 0.1) is 0 Å². The van der Waals surface area contributed by atoms with Crippen molar-refractivity contribution in [3.63, 3.8) is 0 Å². The van der Waals surface area contributed by atoms with E-state index in [2.05, 4.69) is 15.9 Å². The predicted octanol–water partition coefficient (Wildman–Crippen LogP) is 5.79. The van der Waals surface area contributed by atoms with Gasteiger partial charge in [-0.3, -0.25) is 4.79 Å². The maximum absolute atomic E-state index is 10.3. The molecule has 0 saturated heterocycles. The number of carboxylic acids is 1. The van der Waals surface area contributed by atoms with E-state index in [9.17, 15) is 4.79 Å². The number of rotatable bonds is 17. The van der Waals surface area contributed by atoms with E-state index in [0.29, 0.717) is 6.42 Å². The van der Waals surface area contributed by atoms with Crippen LogP contribution in [0.3, 0.4) is 0 Å². The molecule has 0 bridgehead atoms. The molecule has 0 aliphatic carbocycles. The fourth-order valence-electron chi connectivity index (χ4n) is 2.67. The molecule has 1 N–H and O–H groups in total. The molecule has 0 aromatic heterocycles. The Bertz CT molecular complexity index is 225. The first-order valence-electron chi connectivity index (χ1n) is 9.05. The van der Waals surface area contributed by atoms with Gasteiger partial charge in [-0.2, -0.15) is 0 Å². The molecule has 0 heterocycles. The number of alkyl halides is 1. The molecule has 0 radical (unpaired) electrons. The van der Waals surface area contributed by atoms with Crippen LogP contribution in [0.15, 0.2) is 0 Å². The minimum atomic E-state index is -0.655. The van der Waals surface area contributed by atoms with Gasteiger partial charge in [0, 0.05) is 11.8 Å². The third-order valence-electron chi connectivity index (χ3n) is 4.02. The molecule has 0 atom stereocenters. The number of unbranched alkanes of at least 4 members (excludes halogenated alkanes) is 14. The molecular formula is C18H37BrCaO2. The summed E-state index contributed by atoms with van der Waals surface area (Å²) in [7, 11) is 0. The average Bonchev–Trinajstić information content (AvgIpc) is 2.46. The zero-order chi connectivity index (χ0) is 15.6. The van der Waals surface area contributed by atoms with Gasteiger partial charge in [0.1, 0.15) is 0 Å². The van der Waals surface area contributed by atoms with E-state index in [0.717, 1.165) is 18.2 Å². The van der Waals surface area contributed by atoms with Crippen molar-refractivity contribution in [2.45, 2.75) is 103 Å². The zero-order valence-electron chi connectivity index (χ0n) is 13.8. The molecule has 0 aliphatic rings. The van der Waals surface area contributed by atoms with E-state index < -0.39 is 5.97 Å². The summed E-state index contributed by atoms with van der Waals surface area (Å²) in [4.78, 5) is 10.3. The quantitative estimate of drug-likeness (QED) is 0.189. The summed E-state index contributed by atoms with van der Waals surface area (Å²) in [5.41, 5.74) is 0. The predicted molar refractivity (Wildman–Crippen MR) is 104 cm³/mol. The van der Waals surface area contributed by atoms with Gasteiger partial charge in [-0.25, -0.2) is 0 Å². The van der Waals surface area contributed by atoms with Gasteiger partial charge in [-0.15, -0.1) is 0 Å². The fraction of sp³-hybridized carbons (Fsp3) is 0.944. The van der Waals surface area contributed by atoms with Crippen molar-refractivity contribution in [3.05, 3.63) is 0 Å². The number of hydrogen-bond acceptors (Lipinski definition) is 1. The molecular weight excluding hydrogens is 368 g/mol. The molecule has 22 heavy (non-hydrogen) atoms. The van der Waals surface area contributed by atoms with Crippen LogP contribution in [0.1, 0.15) is 103 Å². The standard InChI is InChI=1S/C18H35BrO2.Ca.2H/c19-17-15-13-11-9-7-5-3-1-2-4-6-8-10-12-14-16-18(20)21;;;/h1-17H2,(H,20,21);;;. The molecule has 4 heteroatoms. The summed E-state index contributed by atoms with van der Waals surface area (Å²) in [5.74, 6) is -0.655. The van der Waals surface area contributed by atoms with Gasteiger partial charge < -0.3 is 5.11 Å². The Balaban J connectivity index is 0. The van der Waals surface area contributed by atoms with E-state index in [1.165, 1.54) is 83.5 Å². The van der Waals surface area contributed by atoms with Crippen molar-refractivity contribution in [1.29, 1.82) is 0 Å². The molecule has 0 spiro atoms. The second-order valence-corrected chi connectivity index (χ2v) is 6.93. The Morgan fingerprint density at radius 2 is 0.864 bits per heavy atom. The molecule has 0 aliphatic heterocycles. The summed E-state index contributed by atoms with van der Waals surface area (Å²) in [6.45, 7) is 0. The molecule has 0 aromatic carbocycles. The van der Waals surface area contributed by atoms with Crippen molar-refractivity contribution in [1.82, 2.24) is 0 Å². The Hall–Kier alpha value is 1.21. The number of aliphatic carboxylic acids is 1. The summed E-state index contributed by atoms with van der Waals surface area (Å²) >= 11 is 3.47. The molecule has 0 fully saturated rings. The first-order chi connectivity index (χ1) is 10.3. The molecule has 0 rings (SSSR count). The molecule has 0 saturated carbocycles. The van der Waals surface area contributed by atoms with E-state index >= 15 is 0 Å². The summed E-state index contributed by atoms with van der Waals surface area (Å²) < 4.78 is 0. The van der Waals surface area contributed by atoms with Crippen LogP contribution < -0.4 is 0 Å². The number of halogens is 1. The van der Waals surface area contributed by atoms with Crippen LogP contribution in [-0.4, -0.2) is 54.1 Å². The maximum atomic E-state index is 10.3. The van der Waals surface area contributed by atoms with E-state index in [1.54, 1.807) is 0 Å². The zero-order valence-corrected chi connectivity index (χ0v) is 15.3. The van der Waals surface area contributed by atoms with Crippen LogP contribution in [-0.2, 0) is 4.79 Å². The van der Waals surface area contributed by atoms with Crippen LogP contribution in [0.5, 0.6) is 0 Å². The van der Waals surface area contributed by atoms with Crippen molar-refractivity contribution < 1.29 is 9.90 Å². The Morgan fingerprint density at radius 1 is 0.591 bits per heavy atom. The number of carbonyl (C=O) groups is 1. The summed E-state index contributed by atoms with van der Waals surface area (Å²) in [6.07, 6.45) is 20.1. The third kappa shape index (κ3) is 23.5. The van der Waals surface area contributed by atoms with Crippen LogP contribution in [0.25, 0.3) is 0 Å². The van der Waals surface area contributed by atoms with Crippen LogP contribution >= 0.6 is 15.9 Å². The van der Waals surface area contributed by atoms with Crippen LogP contribution in [0.4, 0.5) is 0 Å².